The Labute approximate surface area is 238 Å². The maximum atomic E-state index is 14.4. The molecule has 2 aliphatic heterocycles. The van der Waals surface area contributed by atoms with Gasteiger partial charge < -0.3 is 24.3 Å². The molecule has 0 saturated heterocycles. The summed E-state index contributed by atoms with van der Waals surface area (Å²) in [7, 11) is 0. The minimum Gasteiger partial charge on any atom is -0.486 e. The zero-order valence-electron chi connectivity index (χ0n) is 22.9. The average Bonchev–Trinajstić information content (AvgIpc) is 3.47. The van der Waals surface area contributed by atoms with E-state index in [-0.39, 0.29) is 25.2 Å². The van der Waals surface area contributed by atoms with Crippen molar-refractivity contribution in [2.75, 3.05) is 24.9 Å². The molecule has 1 unspecified atom stereocenters. The standard InChI is InChI=1S/C33H30N2O6/c1-21-7-10-24(11-8-21)31(32(36)34-19-23-9-13-28-29(17-23)41-20-40-28)35(26-6-4-3-5-22(26)2)33(37)25-12-14-27-30(18-25)39-16-15-38-27/h3-14,17-18,31H,15-16,19-20H2,1-2H3,(H,34,36). The van der Waals surface area contributed by atoms with Crippen LogP contribution in [0, 0.1) is 13.8 Å². The summed E-state index contributed by atoms with van der Waals surface area (Å²) in [6, 6.07) is 25.0. The first-order valence-corrected chi connectivity index (χ1v) is 13.5. The molecule has 0 bridgehead atoms. The first-order chi connectivity index (χ1) is 20.0. The number of hydrogen-bond acceptors (Lipinski definition) is 6. The van der Waals surface area contributed by atoms with Gasteiger partial charge in [-0.1, -0.05) is 54.1 Å². The summed E-state index contributed by atoms with van der Waals surface area (Å²) in [5.41, 5.74) is 4.47. The summed E-state index contributed by atoms with van der Waals surface area (Å²) in [6.07, 6.45) is 0. The van der Waals surface area contributed by atoms with Crippen LogP contribution in [0.3, 0.4) is 0 Å². The third kappa shape index (κ3) is 5.41. The molecule has 0 radical (unpaired) electrons. The predicted octanol–water partition coefficient (Wildman–Crippen LogP) is 5.51. The lowest BCUT2D eigenvalue weighted by molar-refractivity contribution is -0.122. The molecule has 2 amide bonds. The summed E-state index contributed by atoms with van der Waals surface area (Å²) in [5, 5.41) is 3.06. The van der Waals surface area contributed by atoms with E-state index in [1.165, 1.54) is 0 Å². The molecule has 208 valence electrons. The Kier molecular flexibility index (Phi) is 7.20. The van der Waals surface area contributed by atoms with Crippen LogP contribution < -0.4 is 29.2 Å². The highest BCUT2D eigenvalue weighted by molar-refractivity contribution is 6.10. The van der Waals surface area contributed by atoms with Gasteiger partial charge in [-0.2, -0.15) is 0 Å². The Morgan fingerprint density at radius 2 is 1.46 bits per heavy atom. The van der Waals surface area contributed by atoms with E-state index in [9.17, 15) is 9.59 Å². The third-order valence-electron chi connectivity index (χ3n) is 7.19. The number of nitrogens with one attached hydrogen (secondary N) is 1. The van der Waals surface area contributed by atoms with Crippen molar-refractivity contribution >= 4 is 17.5 Å². The van der Waals surface area contributed by atoms with Gasteiger partial charge in [-0.15, -0.1) is 0 Å². The van der Waals surface area contributed by atoms with E-state index in [2.05, 4.69) is 5.32 Å². The zero-order valence-corrected chi connectivity index (χ0v) is 22.9. The summed E-state index contributed by atoms with van der Waals surface area (Å²) in [5.74, 6) is 1.76. The van der Waals surface area contributed by atoms with E-state index in [0.29, 0.717) is 53.0 Å². The molecule has 1 atom stereocenters. The Morgan fingerprint density at radius 3 is 2.27 bits per heavy atom. The number of benzene rings is 4. The second-order valence-electron chi connectivity index (χ2n) is 10.0. The lowest BCUT2D eigenvalue weighted by Crippen LogP contribution is -2.44. The molecule has 0 aliphatic carbocycles. The van der Waals surface area contributed by atoms with E-state index in [4.69, 9.17) is 18.9 Å². The molecule has 4 aromatic carbocycles. The second kappa shape index (κ2) is 11.3. The van der Waals surface area contributed by atoms with E-state index < -0.39 is 6.04 Å². The van der Waals surface area contributed by atoms with Crippen molar-refractivity contribution in [3.8, 4) is 23.0 Å². The molecule has 1 N–H and O–H groups in total. The Bertz CT molecular complexity index is 1600. The molecule has 2 heterocycles. The quantitative estimate of drug-likeness (QED) is 0.327. The molecule has 8 nitrogen and oxygen atoms in total. The lowest BCUT2D eigenvalue weighted by atomic mass is 9.99. The van der Waals surface area contributed by atoms with Gasteiger partial charge in [0.2, 0.25) is 12.7 Å². The van der Waals surface area contributed by atoms with Crippen molar-refractivity contribution in [2.45, 2.75) is 26.4 Å². The molecule has 0 spiro atoms. The number of aryl methyl sites for hydroxylation is 2. The normalized spacial score (nSPS) is 13.8. The summed E-state index contributed by atoms with van der Waals surface area (Å²) >= 11 is 0. The highest BCUT2D eigenvalue weighted by Crippen LogP contribution is 2.36. The number of nitrogens with zero attached hydrogens (tertiary/aromatic N) is 1. The third-order valence-corrected chi connectivity index (χ3v) is 7.19. The minimum absolute atomic E-state index is 0.175. The largest absolute Gasteiger partial charge is 0.486 e. The van der Waals surface area contributed by atoms with Gasteiger partial charge in [0, 0.05) is 17.8 Å². The molecule has 8 heteroatoms. The van der Waals surface area contributed by atoms with Crippen LogP contribution in [0.15, 0.2) is 84.9 Å². The van der Waals surface area contributed by atoms with Crippen molar-refractivity contribution in [3.63, 3.8) is 0 Å². The fraction of sp³-hybridized carbons (Fsp3) is 0.212. The lowest BCUT2D eigenvalue weighted by Gasteiger charge is -2.33. The fourth-order valence-electron chi connectivity index (χ4n) is 5.02. The maximum absolute atomic E-state index is 14.4. The SMILES string of the molecule is Cc1ccc(C(C(=O)NCc2ccc3c(c2)OCO3)N(C(=O)c2ccc3c(c2)OCCO3)c2ccccc2C)cc1. The van der Waals surface area contributed by atoms with Crippen LogP contribution in [0.4, 0.5) is 5.69 Å². The number of fused-ring (bicyclic) bond motifs is 2. The molecule has 4 aromatic rings. The van der Waals surface area contributed by atoms with E-state index in [0.717, 1.165) is 16.7 Å². The van der Waals surface area contributed by atoms with Gasteiger partial charge in [0.05, 0.1) is 0 Å². The average molecular weight is 551 g/mol. The molecule has 41 heavy (non-hydrogen) atoms. The van der Waals surface area contributed by atoms with Gasteiger partial charge in [0.25, 0.3) is 5.91 Å². The van der Waals surface area contributed by atoms with Gasteiger partial charge in [0.1, 0.15) is 19.3 Å². The molecule has 0 aromatic heterocycles. The van der Waals surface area contributed by atoms with Crippen molar-refractivity contribution in [3.05, 3.63) is 113 Å². The minimum atomic E-state index is -0.952. The number of carbonyl (C=O) groups is 2. The van der Waals surface area contributed by atoms with Gasteiger partial charge in [-0.05, 0) is 66.9 Å². The second-order valence-corrected chi connectivity index (χ2v) is 10.0. The van der Waals surface area contributed by atoms with E-state index in [1.54, 1.807) is 23.1 Å². The number of hydrogen-bond donors (Lipinski definition) is 1. The highest BCUT2D eigenvalue weighted by Gasteiger charge is 2.34. The van der Waals surface area contributed by atoms with Crippen LogP contribution in [-0.4, -0.2) is 31.8 Å². The number of rotatable bonds is 7. The van der Waals surface area contributed by atoms with Crippen molar-refractivity contribution < 1.29 is 28.5 Å². The zero-order chi connectivity index (χ0) is 28.3. The van der Waals surface area contributed by atoms with Crippen molar-refractivity contribution in [1.82, 2.24) is 5.32 Å². The van der Waals surface area contributed by atoms with Crippen LogP contribution in [0.1, 0.15) is 38.7 Å². The predicted molar refractivity (Wildman–Crippen MR) is 154 cm³/mol. The summed E-state index contributed by atoms with van der Waals surface area (Å²) in [4.78, 5) is 30.1. The van der Waals surface area contributed by atoms with Gasteiger partial charge in [-0.3, -0.25) is 14.5 Å². The van der Waals surface area contributed by atoms with Crippen LogP contribution in [0.25, 0.3) is 0 Å². The number of ether oxygens (including phenoxy) is 4. The number of anilines is 1. The monoisotopic (exact) mass is 550 g/mol. The summed E-state index contributed by atoms with van der Waals surface area (Å²) < 4.78 is 22.3. The highest BCUT2D eigenvalue weighted by atomic mass is 16.7. The van der Waals surface area contributed by atoms with Crippen LogP contribution >= 0.6 is 0 Å². The van der Waals surface area contributed by atoms with Crippen molar-refractivity contribution in [1.29, 1.82) is 0 Å². The van der Waals surface area contributed by atoms with Crippen LogP contribution in [0.2, 0.25) is 0 Å². The van der Waals surface area contributed by atoms with Gasteiger partial charge >= 0.3 is 0 Å². The molecular weight excluding hydrogens is 520 g/mol. The number of para-hydroxylation sites is 1. The van der Waals surface area contributed by atoms with Crippen LogP contribution in [-0.2, 0) is 11.3 Å². The van der Waals surface area contributed by atoms with Gasteiger partial charge in [-0.25, -0.2) is 0 Å². The number of amides is 2. The molecule has 0 fully saturated rings. The first-order valence-electron chi connectivity index (χ1n) is 13.5. The van der Waals surface area contributed by atoms with Crippen LogP contribution in [0.5, 0.6) is 23.0 Å². The molecule has 6 rings (SSSR count). The Morgan fingerprint density at radius 1 is 0.780 bits per heavy atom. The first kappa shape index (κ1) is 26.3. The summed E-state index contributed by atoms with van der Waals surface area (Å²) in [6.45, 7) is 5.19. The van der Waals surface area contributed by atoms with Crippen molar-refractivity contribution in [2.24, 2.45) is 0 Å². The van der Waals surface area contributed by atoms with E-state index >= 15 is 0 Å². The van der Waals surface area contributed by atoms with Gasteiger partial charge in [0.15, 0.2) is 23.0 Å². The van der Waals surface area contributed by atoms with E-state index in [1.807, 2.05) is 80.6 Å². The smallest absolute Gasteiger partial charge is 0.259 e. The Balaban J connectivity index is 1.39. The Hall–Kier alpha value is -4.98. The maximum Gasteiger partial charge on any atom is 0.259 e. The molecule has 2 aliphatic rings. The molecule has 0 saturated carbocycles. The topological polar surface area (TPSA) is 86.3 Å². The fourth-order valence-corrected chi connectivity index (χ4v) is 5.02. The molecular formula is C33H30N2O6. The number of carbonyl (C=O) groups excluding carboxylic acids is 2.